The fraction of sp³-hybridized carbons (Fsp3) is 0.105. The number of methoxy groups -OCH3 is 1. The summed E-state index contributed by atoms with van der Waals surface area (Å²) >= 11 is 0. The van der Waals surface area contributed by atoms with Crippen LogP contribution in [-0.2, 0) is 6.61 Å². The van der Waals surface area contributed by atoms with Gasteiger partial charge in [0.05, 0.1) is 7.11 Å². The molecule has 0 unspecified atom stereocenters. The second-order valence-electron chi connectivity index (χ2n) is 5.53. The lowest BCUT2D eigenvalue weighted by molar-refractivity contribution is 0.0991. The smallest absolute Gasteiger partial charge is 0.291 e. The highest BCUT2D eigenvalue weighted by Crippen LogP contribution is 2.25. The SMILES string of the molecule is COc1ccc(OCc2ccc(C(=O)Nc3c(F)c(F)cc(F)c3F)o2)cc1. The van der Waals surface area contributed by atoms with E-state index in [1.54, 1.807) is 29.6 Å². The Kier molecular flexibility index (Phi) is 5.53. The molecule has 2 aromatic carbocycles. The fourth-order valence-corrected chi connectivity index (χ4v) is 2.26. The summed E-state index contributed by atoms with van der Waals surface area (Å²) in [7, 11) is 1.53. The Morgan fingerprint density at radius 1 is 0.964 bits per heavy atom. The molecule has 28 heavy (non-hydrogen) atoms. The molecule has 0 saturated carbocycles. The fourth-order valence-electron chi connectivity index (χ4n) is 2.26. The Labute approximate surface area is 156 Å². The number of carbonyl (C=O) groups is 1. The highest BCUT2D eigenvalue weighted by molar-refractivity contribution is 6.02. The van der Waals surface area contributed by atoms with E-state index in [1.165, 1.54) is 19.2 Å². The molecular weight excluding hydrogens is 382 g/mol. The molecule has 1 N–H and O–H groups in total. The molecule has 1 amide bonds. The lowest BCUT2D eigenvalue weighted by atomic mass is 10.2. The summed E-state index contributed by atoms with van der Waals surface area (Å²) in [5.74, 6) is -6.71. The molecule has 0 fully saturated rings. The number of amides is 1. The first kappa shape index (κ1) is 19.3. The minimum atomic E-state index is -1.72. The topological polar surface area (TPSA) is 60.7 Å². The standard InChI is InChI=1S/C19H13F4NO4/c1-26-10-2-4-11(5-3-10)27-9-12-6-7-15(28-12)19(25)24-18-16(22)13(20)8-14(21)17(18)23/h2-8H,9H2,1H3,(H,24,25). The summed E-state index contributed by atoms with van der Waals surface area (Å²) in [5.41, 5.74) is -1.24. The van der Waals surface area contributed by atoms with Crippen molar-refractivity contribution in [1.29, 1.82) is 0 Å². The molecule has 3 aromatic rings. The summed E-state index contributed by atoms with van der Waals surface area (Å²) < 4.78 is 69.4. The van der Waals surface area contributed by atoms with Crippen LogP contribution in [0.5, 0.6) is 11.5 Å². The molecule has 9 heteroatoms. The van der Waals surface area contributed by atoms with Crippen LogP contribution in [0, 0.1) is 23.3 Å². The molecule has 0 saturated heterocycles. The van der Waals surface area contributed by atoms with Crippen LogP contribution in [0.4, 0.5) is 23.2 Å². The number of hydrogen-bond acceptors (Lipinski definition) is 4. The predicted molar refractivity (Wildman–Crippen MR) is 90.3 cm³/mol. The van der Waals surface area contributed by atoms with E-state index in [9.17, 15) is 22.4 Å². The van der Waals surface area contributed by atoms with E-state index in [1.807, 2.05) is 0 Å². The highest BCUT2D eigenvalue weighted by Gasteiger charge is 2.22. The number of ether oxygens (including phenoxy) is 2. The van der Waals surface area contributed by atoms with Gasteiger partial charge < -0.3 is 19.2 Å². The molecule has 5 nitrogen and oxygen atoms in total. The molecule has 1 heterocycles. The van der Waals surface area contributed by atoms with Gasteiger partial charge in [-0.2, -0.15) is 0 Å². The normalized spacial score (nSPS) is 10.6. The average molecular weight is 395 g/mol. The number of furan rings is 1. The van der Waals surface area contributed by atoms with E-state index in [-0.39, 0.29) is 24.2 Å². The van der Waals surface area contributed by atoms with Crippen LogP contribution in [-0.4, -0.2) is 13.0 Å². The second kappa shape index (κ2) is 8.03. The Bertz CT molecular complexity index is 976. The summed E-state index contributed by atoms with van der Waals surface area (Å²) in [6.45, 7) is -0.0308. The first-order valence-electron chi connectivity index (χ1n) is 7.89. The maximum absolute atomic E-state index is 13.6. The van der Waals surface area contributed by atoms with Crippen LogP contribution in [0.3, 0.4) is 0 Å². The Morgan fingerprint density at radius 2 is 1.57 bits per heavy atom. The van der Waals surface area contributed by atoms with Gasteiger partial charge in [-0.25, -0.2) is 17.6 Å². The number of benzene rings is 2. The van der Waals surface area contributed by atoms with Crippen LogP contribution in [0.1, 0.15) is 16.3 Å². The third-order valence-electron chi connectivity index (χ3n) is 3.68. The average Bonchev–Trinajstić information content (AvgIpc) is 3.17. The van der Waals surface area contributed by atoms with Gasteiger partial charge >= 0.3 is 0 Å². The van der Waals surface area contributed by atoms with Crippen molar-refractivity contribution in [2.75, 3.05) is 12.4 Å². The molecule has 1 aromatic heterocycles. The molecule has 146 valence electrons. The van der Waals surface area contributed by atoms with Crippen LogP contribution in [0.2, 0.25) is 0 Å². The van der Waals surface area contributed by atoms with Crippen molar-refractivity contribution in [1.82, 2.24) is 0 Å². The molecule has 0 aliphatic heterocycles. The van der Waals surface area contributed by atoms with Gasteiger partial charge in [-0.3, -0.25) is 4.79 Å². The Hall–Kier alpha value is -3.49. The molecule has 0 spiro atoms. The first-order valence-corrected chi connectivity index (χ1v) is 7.89. The van der Waals surface area contributed by atoms with E-state index < -0.39 is 34.9 Å². The van der Waals surface area contributed by atoms with E-state index in [4.69, 9.17) is 13.9 Å². The van der Waals surface area contributed by atoms with Gasteiger partial charge in [-0.05, 0) is 36.4 Å². The third kappa shape index (κ3) is 4.08. The number of nitrogens with one attached hydrogen (secondary N) is 1. The zero-order chi connectivity index (χ0) is 20.3. The molecule has 3 rings (SSSR count). The zero-order valence-corrected chi connectivity index (χ0v) is 14.4. The minimum absolute atomic E-state index is 0.0308. The van der Waals surface area contributed by atoms with Crippen molar-refractivity contribution in [3.8, 4) is 11.5 Å². The number of hydrogen-bond donors (Lipinski definition) is 1. The van der Waals surface area contributed by atoms with Gasteiger partial charge in [-0.1, -0.05) is 0 Å². The molecule has 0 radical (unpaired) electrons. The third-order valence-corrected chi connectivity index (χ3v) is 3.68. The van der Waals surface area contributed by atoms with Crippen molar-refractivity contribution < 1.29 is 36.2 Å². The number of rotatable bonds is 6. The largest absolute Gasteiger partial charge is 0.497 e. The summed E-state index contributed by atoms with van der Waals surface area (Å²) in [5, 5.41) is 1.76. The predicted octanol–water partition coefficient (Wildman–Crippen LogP) is 4.68. The van der Waals surface area contributed by atoms with Crippen molar-refractivity contribution in [3.63, 3.8) is 0 Å². The minimum Gasteiger partial charge on any atom is -0.497 e. The number of carbonyl (C=O) groups excluding carboxylic acids is 1. The van der Waals surface area contributed by atoms with E-state index in [2.05, 4.69) is 0 Å². The summed E-state index contributed by atoms with van der Waals surface area (Å²) in [6, 6.07) is 9.40. The van der Waals surface area contributed by atoms with Gasteiger partial charge in [0.2, 0.25) is 0 Å². The number of anilines is 1. The molecular formula is C19H13F4NO4. The monoisotopic (exact) mass is 395 g/mol. The van der Waals surface area contributed by atoms with Gasteiger partial charge in [-0.15, -0.1) is 0 Å². The molecule has 0 atom stereocenters. The van der Waals surface area contributed by atoms with Gasteiger partial charge in [0, 0.05) is 6.07 Å². The van der Waals surface area contributed by atoms with E-state index in [0.29, 0.717) is 11.5 Å². The summed E-state index contributed by atoms with van der Waals surface area (Å²) in [4.78, 5) is 12.1. The van der Waals surface area contributed by atoms with Crippen LogP contribution < -0.4 is 14.8 Å². The van der Waals surface area contributed by atoms with Crippen LogP contribution in [0.25, 0.3) is 0 Å². The van der Waals surface area contributed by atoms with Crippen molar-refractivity contribution in [2.24, 2.45) is 0 Å². The van der Waals surface area contributed by atoms with Crippen molar-refractivity contribution in [2.45, 2.75) is 6.61 Å². The molecule has 0 aliphatic carbocycles. The molecule has 0 bridgehead atoms. The Balaban J connectivity index is 1.67. The highest BCUT2D eigenvalue weighted by atomic mass is 19.2. The lowest BCUT2D eigenvalue weighted by Crippen LogP contribution is -2.15. The quantitative estimate of drug-likeness (QED) is 0.487. The van der Waals surface area contributed by atoms with Crippen molar-refractivity contribution >= 4 is 11.6 Å². The zero-order valence-electron chi connectivity index (χ0n) is 14.4. The van der Waals surface area contributed by atoms with Gasteiger partial charge in [0.15, 0.2) is 29.0 Å². The van der Waals surface area contributed by atoms with Crippen LogP contribution in [0.15, 0.2) is 46.9 Å². The number of halogens is 4. The second-order valence-corrected chi connectivity index (χ2v) is 5.53. The first-order chi connectivity index (χ1) is 13.4. The maximum atomic E-state index is 13.6. The van der Waals surface area contributed by atoms with Crippen molar-refractivity contribution in [3.05, 3.63) is 77.3 Å². The Morgan fingerprint density at radius 3 is 2.18 bits per heavy atom. The van der Waals surface area contributed by atoms with Gasteiger partial charge in [0.1, 0.15) is 29.6 Å². The maximum Gasteiger partial charge on any atom is 0.291 e. The van der Waals surface area contributed by atoms with Crippen LogP contribution >= 0.6 is 0 Å². The molecule has 0 aliphatic rings. The lowest BCUT2D eigenvalue weighted by Gasteiger charge is -2.08. The van der Waals surface area contributed by atoms with E-state index >= 15 is 0 Å². The van der Waals surface area contributed by atoms with Gasteiger partial charge in [0.25, 0.3) is 5.91 Å². The summed E-state index contributed by atoms with van der Waals surface area (Å²) in [6.07, 6.45) is 0. The van der Waals surface area contributed by atoms with E-state index in [0.717, 1.165) is 0 Å².